The molecule has 2 aromatic carbocycles. The Kier molecular flexibility index (Phi) is 6.29. The number of anilines is 1. The van der Waals surface area contributed by atoms with Crippen LogP contribution in [0.2, 0.25) is 0 Å². The van der Waals surface area contributed by atoms with E-state index < -0.39 is 0 Å². The zero-order valence-corrected chi connectivity index (χ0v) is 13.0. The molecule has 0 radical (unpaired) electrons. The Morgan fingerprint density at radius 3 is 2.43 bits per heavy atom. The van der Waals surface area contributed by atoms with Crippen molar-refractivity contribution in [3.05, 3.63) is 65.7 Å². The molecule has 0 spiro atoms. The van der Waals surface area contributed by atoms with Crippen LogP contribution in [0.5, 0.6) is 0 Å². The van der Waals surface area contributed by atoms with E-state index >= 15 is 0 Å². The zero-order valence-electron chi connectivity index (χ0n) is 13.0. The van der Waals surface area contributed by atoms with Crippen molar-refractivity contribution in [1.29, 1.82) is 0 Å². The molecule has 2 rings (SSSR count). The minimum Gasteiger partial charge on any atom is -0.384 e. The third-order valence-corrected chi connectivity index (χ3v) is 3.70. The summed E-state index contributed by atoms with van der Waals surface area (Å²) in [7, 11) is 1.75. The molecule has 0 aliphatic rings. The van der Waals surface area contributed by atoms with Crippen LogP contribution in [0.25, 0.3) is 0 Å². The van der Waals surface area contributed by atoms with Crippen LogP contribution in [0.1, 0.15) is 24.5 Å². The fourth-order valence-electron chi connectivity index (χ4n) is 2.46. The summed E-state index contributed by atoms with van der Waals surface area (Å²) < 4.78 is 5.18. The molecule has 0 saturated heterocycles. The Bertz CT molecular complexity index is 524. The predicted octanol–water partition coefficient (Wildman–Crippen LogP) is 4.31. The van der Waals surface area contributed by atoms with Crippen molar-refractivity contribution in [2.45, 2.75) is 32.2 Å². The molecule has 1 atom stereocenters. The number of aryl methyl sites for hydroxylation is 1. The topological polar surface area (TPSA) is 21.3 Å². The van der Waals surface area contributed by atoms with Crippen LogP contribution in [0.15, 0.2) is 54.6 Å². The maximum absolute atomic E-state index is 5.18. The Balaban J connectivity index is 1.88. The summed E-state index contributed by atoms with van der Waals surface area (Å²) in [6, 6.07) is 19.6. The van der Waals surface area contributed by atoms with Crippen LogP contribution in [-0.4, -0.2) is 19.8 Å². The molecule has 0 saturated carbocycles. The summed E-state index contributed by atoms with van der Waals surface area (Å²) in [6.45, 7) is 3.01. The number of hydrogen-bond donors (Lipinski definition) is 1. The highest BCUT2D eigenvalue weighted by Gasteiger charge is 2.06. The summed E-state index contributed by atoms with van der Waals surface area (Å²) in [5.74, 6) is 0. The molecule has 2 aromatic rings. The van der Waals surface area contributed by atoms with Gasteiger partial charge in [0.15, 0.2) is 0 Å². The zero-order chi connectivity index (χ0) is 14.9. The first-order valence-electron chi connectivity index (χ1n) is 7.67. The van der Waals surface area contributed by atoms with Crippen LogP contribution in [0.4, 0.5) is 5.69 Å². The van der Waals surface area contributed by atoms with E-state index in [1.807, 2.05) is 0 Å². The molecule has 2 heteroatoms. The van der Waals surface area contributed by atoms with Gasteiger partial charge in [0.1, 0.15) is 0 Å². The number of para-hydroxylation sites is 1. The normalized spacial score (nSPS) is 12.1. The smallest absolute Gasteiger partial charge is 0.0503 e. The molecule has 112 valence electrons. The number of methoxy groups -OCH3 is 1. The lowest BCUT2D eigenvalue weighted by molar-refractivity contribution is 0.202. The maximum Gasteiger partial charge on any atom is 0.0503 e. The van der Waals surface area contributed by atoms with Crippen molar-refractivity contribution in [1.82, 2.24) is 0 Å². The lowest BCUT2D eigenvalue weighted by atomic mass is 10.0. The number of hydrogen-bond acceptors (Lipinski definition) is 2. The highest BCUT2D eigenvalue weighted by atomic mass is 16.5. The molecular weight excluding hydrogens is 258 g/mol. The van der Waals surface area contributed by atoms with Gasteiger partial charge in [0.2, 0.25) is 0 Å². The summed E-state index contributed by atoms with van der Waals surface area (Å²) in [5, 5.41) is 3.63. The highest BCUT2D eigenvalue weighted by molar-refractivity contribution is 5.51. The Hall–Kier alpha value is -1.80. The lowest BCUT2D eigenvalue weighted by Crippen LogP contribution is -2.17. The molecule has 0 aliphatic heterocycles. The molecule has 0 bridgehead atoms. The number of nitrogens with one attached hydrogen (secondary N) is 1. The van der Waals surface area contributed by atoms with E-state index in [1.54, 1.807) is 7.11 Å². The van der Waals surface area contributed by atoms with E-state index in [0.717, 1.165) is 25.9 Å². The van der Waals surface area contributed by atoms with Crippen molar-refractivity contribution in [2.24, 2.45) is 0 Å². The molecule has 2 nitrogen and oxygen atoms in total. The van der Waals surface area contributed by atoms with Crippen molar-refractivity contribution < 1.29 is 4.74 Å². The second-order valence-electron chi connectivity index (χ2n) is 5.47. The van der Waals surface area contributed by atoms with E-state index in [1.165, 1.54) is 16.8 Å². The van der Waals surface area contributed by atoms with Gasteiger partial charge in [-0.05, 0) is 43.4 Å². The maximum atomic E-state index is 5.18. The molecule has 0 amide bonds. The molecular formula is C19H25NO. The van der Waals surface area contributed by atoms with Crippen LogP contribution in [0.3, 0.4) is 0 Å². The van der Waals surface area contributed by atoms with E-state index in [4.69, 9.17) is 4.74 Å². The summed E-state index contributed by atoms with van der Waals surface area (Å²) in [4.78, 5) is 0. The Morgan fingerprint density at radius 1 is 0.952 bits per heavy atom. The first-order chi connectivity index (χ1) is 10.3. The van der Waals surface area contributed by atoms with Crippen LogP contribution < -0.4 is 5.32 Å². The SMILES string of the molecule is COCCc1ccccc1NC(C)CCc1ccccc1. The van der Waals surface area contributed by atoms with Crippen LogP contribution in [-0.2, 0) is 17.6 Å². The van der Waals surface area contributed by atoms with Gasteiger partial charge in [-0.15, -0.1) is 0 Å². The molecule has 21 heavy (non-hydrogen) atoms. The predicted molar refractivity (Wildman–Crippen MR) is 89.9 cm³/mol. The van der Waals surface area contributed by atoms with Gasteiger partial charge >= 0.3 is 0 Å². The van der Waals surface area contributed by atoms with E-state index in [0.29, 0.717) is 6.04 Å². The van der Waals surface area contributed by atoms with Gasteiger partial charge in [-0.1, -0.05) is 48.5 Å². The van der Waals surface area contributed by atoms with Crippen LogP contribution >= 0.6 is 0 Å². The minimum atomic E-state index is 0.453. The summed E-state index contributed by atoms with van der Waals surface area (Å²) >= 11 is 0. The second-order valence-corrected chi connectivity index (χ2v) is 5.47. The van der Waals surface area contributed by atoms with Gasteiger partial charge in [-0.25, -0.2) is 0 Å². The van der Waals surface area contributed by atoms with E-state index in [2.05, 4.69) is 66.8 Å². The Morgan fingerprint density at radius 2 is 1.67 bits per heavy atom. The van der Waals surface area contributed by atoms with Gasteiger partial charge in [0.25, 0.3) is 0 Å². The van der Waals surface area contributed by atoms with Gasteiger partial charge in [0.05, 0.1) is 6.61 Å². The van der Waals surface area contributed by atoms with Crippen molar-refractivity contribution in [3.63, 3.8) is 0 Å². The number of rotatable bonds is 8. The van der Waals surface area contributed by atoms with Crippen LogP contribution in [0, 0.1) is 0 Å². The molecule has 1 N–H and O–H groups in total. The summed E-state index contributed by atoms with van der Waals surface area (Å²) in [6.07, 6.45) is 3.18. The molecule has 0 fully saturated rings. The van der Waals surface area contributed by atoms with E-state index in [9.17, 15) is 0 Å². The quantitative estimate of drug-likeness (QED) is 0.779. The largest absolute Gasteiger partial charge is 0.384 e. The van der Waals surface area contributed by atoms with Crippen molar-refractivity contribution in [2.75, 3.05) is 19.0 Å². The fourth-order valence-corrected chi connectivity index (χ4v) is 2.46. The highest BCUT2D eigenvalue weighted by Crippen LogP contribution is 2.18. The Labute approximate surface area is 128 Å². The van der Waals surface area contributed by atoms with Gasteiger partial charge in [-0.2, -0.15) is 0 Å². The second kappa shape index (κ2) is 8.48. The molecule has 1 unspecified atom stereocenters. The van der Waals surface area contributed by atoms with Crippen molar-refractivity contribution >= 4 is 5.69 Å². The average Bonchev–Trinajstić information content (AvgIpc) is 2.53. The first kappa shape index (κ1) is 15.6. The van der Waals surface area contributed by atoms with E-state index in [-0.39, 0.29) is 0 Å². The molecule has 0 heterocycles. The molecule has 0 aliphatic carbocycles. The fraction of sp³-hybridized carbons (Fsp3) is 0.368. The number of benzene rings is 2. The monoisotopic (exact) mass is 283 g/mol. The summed E-state index contributed by atoms with van der Waals surface area (Å²) in [5.41, 5.74) is 3.96. The van der Waals surface area contributed by atoms with Gasteiger partial charge in [0, 0.05) is 18.8 Å². The van der Waals surface area contributed by atoms with Gasteiger partial charge in [-0.3, -0.25) is 0 Å². The average molecular weight is 283 g/mol. The third-order valence-electron chi connectivity index (χ3n) is 3.70. The van der Waals surface area contributed by atoms with Crippen molar-refractivity contribution in [3.8, 4) is 0 Å². The minimum absolute atomic E-state index is 0.453. The molecule has 0 aromatic heterocycles. The first-order valence-corrected chi connectivity index (χ1v) is 7.67. The standard InChI is InChI=1S/C19H25NO/c1-16(12-13-17-8-4-3-5-9-17)20-19-11-7-6-10-18(19)14-15-21-2/h3-11,16,20H,12-15H2,1-2H3. The van der Waals surface area contributed by atoms with Gasteiger partial charge < -0.3 is 10.1 Å². The third kappa shape index (κ3) is 5.24. The number of ether oxygens (including phenoxy) is 1. The lowest BCUT2D eigenvalue weighted by Gasteiger charge is -2.18.